The summed E-state index contributed by atoms with van der Waals surface area (Å²) in [7, 11) is 1.66. The van der Waals surface area contributed by atoms with Crippen LogP contribution in [0.25, 0.3) is 0 Å². The van der Waals surface area contributed by atoms with E-state index in [1.165, 1.54) is 11.1 Å². The molecule has 0 aromatic heterocycles. The van der Waals surface area contributed by atoms with Gasteiger partial charge >= 0.3 is 0 Å². The summed E-state index contributed by atoms with van der Waals surface area (Å²) in [6, 6.07) is 14.3. The highest BCUT2D eigenvalue weighted by atomic mass is 16.5. The summed E-state index contributed by atoms with van der Waals surface area (Å²) < 4.78 is 5.30. The van der Waals surface area contributed by atoms with E-state index in [0.29, 0.717) is 0 Å². The molecule has 1 atom stereocenters. The molecule has 0 fully saturated rings. The van der Waals surface area contributed by atoms with Crippen molar-refractivity contribution in [2.24, 2.45) is 0 Å². The summed E-state index contributed by atoms with van der Waals surface area (Å²) in [5.41, 5.74) is 3.58. The molecule has 0 aliphatic heterocycles. The number of fused-ring (bicyclic) bond motifs is 1. The Labute approximate surface area is 120 Å². The quantitative estimate of drug-likeness (QED) is 0.924. The minimum atomic E-state index is -0.880. The molecular weight excluding hydrogens is 248 g/mol. The van der Waals surface area contributed by atoms with Crippen LogP contribution in [0.2, 0.25) is 0 Å². The highest BCUT2D eigenvalue weighted by molar-refractivity contribution is 5.49. The summed E-state index contributed by atoms with van der Waals surface area (Å²) in [4.78, 5) is 0. The van der Waals surface area contributed by atoms with Crippen molar-refractivity contribution in [1.82, 2.24) is 0 Å². The average Bonchev–Trinajstić information content (AvgIpc) is 2.85. The molecule has 0 saturated carbocycles. The molecule has 2 aromatic carbocycles. The van der Waals surface area contributed by atoms with Gasteiger partial charge in [0, 0.05) is 0 Å². The highest BCUT2D eigenvalue weighted by Crippen LogP contribution is 2.43. The molecule has 0 amide bonds. The summed E-state index contributed by atoms with van der Waals surface area (Å²) >= 11 is 0. The van der Waals surface area contributed by atoms with Crippen LogP contribution in [0.1, 0.15) is 35.6 Å². The van der Waals surface area contributed by atoms with Gasteiger partial charge < -0.3 is 9.84 Å². The predicted octanol–water partition coefficient (Wildman–Crippen LogP) is 3.44. The van der Waals surface area contributed by atoms with Gasteiger partial charge in [-0.1, -0.05) is 37.3 Å². The largest absolute Gasteiger partial charge is 0.497 e. The van der Waals surface area contributed by atoms with Crippen molar-refractivity contribution in [3.05, 3.63) is 64.7 Å². The van der Waals surface area contributed by atoms with Gasteiger partial charge in [0.25, 0.3) is 0 Å². The van der Waals surface area contributed by atoms with E-state index in [1.54, 1.807) is 7.11 Å². The first kappa shape index (κ1) is 13.2. The number of aryl methyl sites for hydroxylation is 2. The zero-order chi connectivity index (χ0) is 14.2. The average molecular weight is 268 g/mol. The van der Waals surface area contributed by atoms with Crippen molar-refractivity contribution >= 4 is 0 Å². The maximum Gasteiger partial charge on any atom is 0.119 e. The molecule has 0 radical (unpaired) electrons. The lowest BCUT2D eigenvalue weighted by atomic mass is 9.86. The maximum absolute atomic E-state index is 11.2. The molecular formula is C18H20O2. The van der Waals surface area contributed by atoms with E-state index in [9.17, 15) is 5.11 Å². The van der Waals surface area contributed by atoms with E-state index in [2.05, 4.69) is 25.1 Å². The highest BCUT2D eigenvalue weighted by Gasteiger charge is 2.38. The number of rotatable bonds is 3. The molecule has 0 bridgehead atoms. The Balaban J connectivity index is 2.10. The number of ether oxygens (including phenoxy) is 1. The Morgan fingerprint density at radius 3 is 2.80 bits per heavy atom. The lowest BCUT2D eigenvalue weighted by molar-refractivity contribution is 0.0826. The first-order valence-electron chi connectivity index (χ1n) is 7.16. The Morgan fingerprint density at radius 2 is 2.05 bits per heavy atom. The van der Waals surface area contributed by atoms with Gasteiger partial charge in [0.2, 0.25) is 0 Å². The van der Waals surface area contributed by atoms with Gasteiger partial charge in [-0.2, -0.15) is 0 Å². The van der Waals surface area contributed by atoms with Crippen LogP contribution >= 0.6 is 0 Å². The van der Waals surface area contributed by atoms with Gasteiger partial charge in [-0.3, -0.25) is 0 Å². The van der Waals surface area contributed by atoms with E-state index < -0.39 is 5.60 Å². The molecule has 1 unspecified atom stereocenters. The molecule has 3 rings (SSSR count). The summed E-state index contributed by atoms with van der Waals surface area (Å²) in [5.74, 6) is 0.802. The Bertz CT molecular complexity index is 633. The normalized spacial score (nSPS) is 20.8. The summed E-state index contributed by atoms with van der Waals surface area (Å²) in [6.07, 6.45) is 2.63. The van der Waals surface area contributed by atoms with Crippen molar-refractivity contribution in [2.45, 2.75) is 31.8 Å². The van der Waals surface area contributed by atoms with Gasteiger partial charge in [0.05, 0.1) is 7.11 Å². The number of hydrogen-bond acceptors (Lipinski definition) is 2. The van der Waals surface area contributed by atoms with E-state index >= 15 is 0 Å². The smallest absolute Gasteiger partial charge is 0.119 e. The molecule has 0 spiro atoms. The fraction of sp³-hybridized carbons (Fsp3) is 0.333. The first-order valence-corrected chi connectivity index (χ1v) is 7.16. The summed E-state index contributed by atoms with van der Waals surface area (Å²) in [5, 5.41) is 11.2. The topological polar surface area (TPSA) is 29.5 Å². The number of aliphatic hydroxyl groups is 1. The third-order valence-corrected chi connectivity index (χ3v) is 4.33. The van der Waals surface area contributed by atoms with Gasteiger partial charge in [0.1, 0.15) is 11.4 Å². The van der Waals surface area contributed by atoms with Crippen LogP contribution in [-0.4, -0.2) is 12.2 Å². The van der Waals surface area contributed by atoms with Gasteiger partial charge in [-0.15, -0.1) is 0 Å². The molecule has 0 saturated heterocycles. The molecule has 104 valence electrons. The van der Waals surface area contributed by atoms with Gasteiger partial charge in [-0.25, -0.2) is 0 Å². The van der Waals surface area contributed by atoms with Crippen molar-refractivity contribution < 1.29 is 9.84 Å². The maximum atomic E-state index is 11.2. The van der Waals surface area contributed by atoms with Crippen LogP contribution in [-0.2, 0) is 18.4 Å². The molecule has 1 aliphatic carbocycles. The van der Waals surface area contributed by atoms with Gasteiger partial charge in [-0.05, 0) is 53.6 Å². The standard InChI is InChI=1S/C18H20O2/c1-3-13-5-4-6-15(11-13)18(19)10-9-14-7-8-16(20-2)12-17(14)18/h4-8,11-12,19H,3,9-10H2,1-2H3. The number of benzene rings is 2. The second-order valence-electron chi connectivity index (χ2n) is 5.44. The van der Waals surface area contributed by atoms with E-state index in [4.69, 9.17) is 4.74 Å². The van der Waals surface area contributed by atoms with Crippen molar-refractivity contribution in [1.29, 1.82) is 0 Å². The Kier molecular flexibility index (Phi) is 3.27. The third-order valence-electron chi connectivity index (χ3n) is 4.33. The van der Waals surface area contributed by atoms with Crippen LogP contribution in [0.3, 0.4) is 0 Å². The van der Waals surface area contributed by atoms with Crippen molar-refractivity contribution in [3.8, 4) is 5.75 Å². The lowest BCUT2D eigenvalue weighted by Gasteiger charge is -2.25. The van der Waals surface area contributed by atoms with Crippen LogP contribution in [0, 0.1) is 0 Å². The second kappa shape index (κ2) is 4.95. The fourth-order valence-electron chi connectivity index (χ4n) is 3.08. The van der Waals surface area contributed by atoms with Gasteiger partial charge in [0.15, 0.2) is 0 Å². The van der Waals surface area contributed by atoms with Crippen LogP contribution in [0.5, 0.6) is 5.75 Å². The van der Waals surface area contributed by atoms with Crippen LogP contribution in [0.15, 0.2) is 42.5 Å². The molecule has 2 heteroatoms. The third kappa shape index (κ3) is 2.01. The predicted molar refractivity (Wildman–Crippen MR) is 80.1 cm³/mol. The SMILES string of the molecule is CCc1cccc(C2(O)CCc3ccc(OC)cc32)c1. The Morgan fingerprint density at radius 1 is 1.20 bits per heavy atom. The lowest BCUT2D eigenvalue weighted by Crippen LogP contribution is -2.24. The molecule has 0 heterocycles. The number of methoxy groups -OCH3 is 1. The monoisotopic (exact) mass is 268 g/mol. The zero-order valence-electron chi connectivity index (χ0n) is 12.0. The van der Waals surface area contributed by atoms with E-state index in [1.807, 2.05) is 24.3 Å². The minimum absolute atomic E-state index is 0.739. The molecule has 1 aliphatic rings. The summed E-state index contributed by atoms with van der Waals surface area (Å²) in [6.45, 7) is 2.13. The molecule has 2 nitrogen and oxygen atoms in total. The molecule has 1 N–H and O–H groups in total. The molecule has 2 aromatic rings. The Hall–Kier alpha value is -1.80. The van der Waals surface area contributed by atoms with Crippen molar-refractivity contribution in [2.75, 3.05) is 7.11 Å². The van der Waals surface area contributed by atoms with Crippen LogP contribution < -0.4 is 4.74 Å². The van der Waals surface area contributed by atoms with E-state index in [-0.39, 0.29) is 0 Å². The van der Waals surface area contributed by atoms with Crippen LogP contribution in [0.4, 0.5) is 0 Å². The zero-order valence-corrected chi connectivity index (χ0v) is 12.0. The first-order chi connectivity index (χ1) is 9.67. The number of hydrogen-bond donors (Lipinski definition) is 1. The fourth-order valence-corrected chi connectivity index (χ4v) is 3.08. The van der Waals surface area contributed by atoms with Crippen molar-refractivity contribution in [3.63, 3.8) is 0 Å². The minimum Gasteiger partial charge on any atom is -0.497 e. The molecule has 20 heavy (non-hydrogen) atoms. The van der Waals surface area contributed by atoms with E-state index in [0.717, 1.165) is 36.1 Å². The second-order valence-corrected chi connectivity index (χ2v) is 5.44.